The Morgan fingerprint density at radius 3 is 0.789 bits per heavy atom. The lowest BCUT2D eigenvalue weighted by Crippen LogP contribution is -2.02. The van der Waals surface area contributed by atoms with Crippen LogP contribution in [0.2, 0.25) is 0 Å². The number of oxime groups is 1. The lowest BCUT2D eigenvalue weighted by Gasteiger charge is -2.11. The first kappa shape index (κ1) is 37.5. The molecule has 0 saturated carbocycles. The molecule has 228 valence electrons. The fourth-order valence-electron chi connectivity index (χ4n) is 5.94. The molecule has 0 radical (unpaired) electrons. The Morgan fingerprint density at radius 2 is 0.579 bits per heavy atom. The van der Waals surface area contributed by atoms with Crippen LogP contribution in [0.15, 0.2) is 5.16 Å². The molecule has 2 heteroatoms. The van der Waals surface area contributed by atoms with Gasteiger partial charge < -0.3 is 5.21 Å². The van der Waals surface area contributed by atoms with Crippen molar-refractivity contribution in [2.75, 3.05) is 0 Å². The lowest BCUT2D eigenvalue weighted by atomic mass is 9.95. The van der Waals surface area contributed by atoms with Gasteiger partial charge in [0.25, 0.3) is 0 Å². The molecule has 38 heavy (non-hydrogen) atoms. The standard InChI is InChI=1S/C36H73NO/c1-3-5-7-9-11-13-15-17-19-20-22-24-26-28-30-32-34-36(35-37-38)33-31-29-27-25-23-21-18-16-14-12-10-8-6-4-2/h35-36,38H,3-34H2,1-2H3. The van der Waals surface area contributed by atoms with Gasteiger partial charge in [-0.2, -0.15) is 0 Å². The maximum Gasteiger partial charge on any atom is 0.0466 e. The molecule has 0 aliphatic rings. The van der Waals surface area contributed by atoms with E-state index in [0.29, 0.717) is 5.92 Å². The van der Waals surface area contributed by atoms with E-state index >= 15 is 0 Å². The topological polar surface area (TPSA) is 32.6 Å². The Morgan fingerprint density at radius 1 is 0.368 bits per heavy atom. The number of rotatable bonds is 33. The maximum atomic E-state index is 9.06. The van der Waals surface area contributed by atoms with Gasteiger partial charge in [-0.25, -0.2) is 0 Å². The summed E-state index contributed by atoms with van der Waals surface area (Å²) in [6, 6.07) is 0. The average Bonchev–Trinajstić information content (AvgIpc) is 2.92. The molecule has 0 bridgehead atoms. The van der Waals surface area contributed by atoms with Gasteiger partial charge in [-0.15, -0.1) is 5.16 Å². The normalized spacial score (nSPS) is 12.6. The molecule has 0 spiro atoms. The van der Waals surface area contributed by atoms with Crippen LogP contribution in [-0.4, -0.2) is 11.4 Å². The Hall–Kier alpha value is -0.530. The molecule has 0 saturated heterocycles. The summed E-state index contributed by atoms with van der Waals surface area (Å²) in [6.45, 7) is 4.59. The van der Waals surface area contributed by atoms with E-state index in [1.54, 1.807) is 0 Å². The molecule has 0 aromatic rings. The second-order valence-electron chi connectivity index (χ2n) is 12.5. The van der Waals surface area contributed by atoms with Gasteiger partial charge in [-0.05, 0) is 18.8 Å². The maximum absolute atomic E-state index is 9.06. The van der Waals surface area contributed by atoms with E-state index in [-0.39, 0.29) is 0 Å². The van der Waals surface area contributed by atoms with E-state index in [9.17, 15) is 0 Å². The van der Waals surface area contributed by atoms with E-state index in [0.717, 1.165) is 0 Å². The minimum absolute atomic E-state index is 0.490. The van der Waals surface area contributed by atoms with Crippen LogP contribution in [0.25, 0.3) is 0 Å². The van der Waals surface area contributed by atoms with Crippen LogP contribution in [0.4, 0.5) is 0 Å². The fourth-order valence-corrected chi connectivity index (χ4v) is 5.94. The molecule has 0 rings (SSSR count). The average molecular weight is 536 g/mol. The van der Waals surface area contributed by atoms with Crippen molar-refractivity contribution in [1.29, 1.82) is 0 Å². The Labute approximate surface area is 241 Å². The van der Waals surface area contributed by atoms with Crippen LogP contribution in [0, 0.1) is 5.92 Å². The molecular formula is C36H73NO. The van der Waals surface area contributed by atoms with Crippen molar-refractivity contribution in [2.24, 2.45) is 11.1 Å². The van der Waals surface area contributed by atoms with Crippen LogP contribution in [-0.2, 0) is 0 Å². The smallest absolute Gasteiger partial charge is 0.0466 e. The van der Waals surface area contributed by atoms with Gasteiger partial charge in [0.15, 0.2) is 0 Å². The van der Waals surface area contributed by atoms with Crippen LogP contribution in [0.5, 0.6) is 0 Å². The van der Waals surface area contributed by atoms with Gasteiger partial charge in [-0.1, -0.05) is 206 Å². The largest absolute Gasteiger partial charge is 0.411 e. The first-order chi connectivity index (χ1) is 18.8. The Balaban J connectivity index is 3.37. The van der Waals surface area contributed by atoms with Crippen LogP contribution in [0.3, 0.4) is 0 Å². The zero-order valence-corrected chi connectivity index (χ0v) is 26.7. The van der Waals surface area contributed by atoms with Crippen molar-refractivity contribution in [3.05, 3.63) is 0 Å². The van der Waals surface area contributed by atoms with E-state index in [1.165, 1.54) is 205 Å². The Kier molecular flexibility index (Phi) is 34.0. The number of unbranched alkanes of at least 4 members (excludes halogenated alkanes) is 28. The van der Waals surface area contributed by atoms with Gasteiger partial charge in [0.2, 0.25) is 0 Å². The highest BCUT2D eigenvalue weighted by atomic mass is 16.4. The molecule has 1 unspecified atom stereocenters. The summed E-state index contributed by atoms with van der Waals surface area (Å²) in [5, 5.41) is 12.4. The first-order valence-electron chi connectivity index (χ1n) is 18.0. The van der Waals surface area contributed by atoms with Crippen molar-refractivity contribution < 1.29 is 5.21 Å². The molecule has 0 heterocycles. The van der Waals surface area contributed by atoms with Gasteiger partial charge in [0.05, 0.1) is 0 Å². The number of nitrogens with zero attached hydrogens (tertiary/aromatic N) is 1. The molecule has 0 aliphatic heterocycles. The minimum Gasteiger partial charge on any atom is -0.411 e. The summed E-state index contributed by atoms with van der Waals surface area (Å²) in [6.07, 6.45) is 46.8. The highest BCUT2D eigenvalue weighted by Gasteiger charge is 2.06. The third-order valence-electron chi connectivity index (χ3n) is 8.63. The zero-order valence-electron chi connectivity index (χ0n) is 26.7. The van der Waals surface area contributed by atoms with E-state index < -0.39 is 0 Å². The third kappa shape index (κ3) is 31.7. The van der Waals surface area contributed by atoms with Gasteiger partial charge in [0.1, 0.15) is 0 Å². The predicted molar refractivity (Wildman–Crippen MR) is 173 cm³/mol. The van der Waals surface area contributed by atoms with Crippen molar-refractivity contribution in [2.45, 2.75) is 219 Å². The van der Waals surface area contributed by atoms with Crippen molar-refractivity contribution >= 4 is 6.21 Å². The molecular weight excluding hydrogens is 462 g/mol. The van der Waals surface area contributed by atoms with Crippen molar-refractivity contribution in [3.63, 3.8) is 0 Å². The highest BCUT2D eigenvalue weighted by molar-refractivity contribution is 5.59. The molecule has 1 atom stereocenters. The first-order valence-corrected chi connectivity index (χ1v) is 18.0. The minimum atomic E-state index is 0.490. The molecule has 0 aliphatic carbocycles. The number of hydrogen-bond acceptors (Lipinski definition) is 2. The second kappa shape index (κ2) is 34.5. The quantitative estimate of drug-likeness (QED) is 0.0385. The lowest BCUT2D eigenvalue weighted by molar-refractivity contribution is 0.316. The third-order valence-corrected chi connectivity index (χ3v) is 8.63. The molecule has 0 fully saturated rings. The predicted octanol–water partition coefficient (Wildman–Crippen LogP) is 13.6. The van der Waals surface area contributed by atoms with Crippen LogP contribution in [0.1, 0.15) is 219 Å². The number of hydrogen-bond donors (Lipinski definition) is 1. The summed E-state index contributed by atoms with van der Waals surface area (Å²) < 4.78 is 0. The molecule has 0 aromatic carbocycles. The summed E-state index contributed by atoms with van der Waals surface area (Å²) in [5.74, 6) is 0.490. The summed E-state index contributed by atoms with van der Waals surface area (Å²) >= 11 is 0. The van der Waals surface area contributed by atoms with Crippen molar-refractivity contribution in [1.82, 2.24) is 0 Å². The Bertz CT molecular complexity index is 435. The van der Waals surface area contributed by atoms with Gasteiger partial charge >= 0.3 is 0 Å². The SMILES string of the molecule is CCCCCCCCCCCCCCCCCCC(C=NO)CCCCCCCCCCCCCCCC. The van der Waals surface area contributed by atoms with Crippen molar-refractivity contribution in [3.8, 4) is 0 Å². The second-order valence-corrected chi connectivity index (χ2v) is 12.5. The highest BCUT2D eigenvalue weighted by Crippen LogP contribution is 2.19. The zero-order chi connectivity index (χ0) is 27.6. The monoisotopic (exact) mass is 536 g/mol. The summed E-state index contributed by atoms with van der Waals surface area (Å²) in [5.41, 5.74) is 0. The van der Waals surface area contributed by atoms with E-state index in [2.05, 4.69) is 19.0 Å². The molecule has 0 amide bonds. The van der Waals surface area contributed by atoms with E-state index in [1.807, 2.05) is 6.21 Å². The molecule has 0 aromatic heterocycles. The van der Waals surface area contributed by atoms with Gasteiger partial charge in [-0.3, -0.25) is 0 Å². The fraction of sp³-hybridized carbons (Fsp3) is 0.972. The summed E-state index contributed by atoms with van der Waals surface area (Å²) in [4.78, 5) is 0. The van der Waals surface area contributed by atoms with Crippen LogP contribution >= 0.6 is 0 Å². The van der Waals surface area contributed by atoms with Crippen LogP contribution < -0.4 is 0 Å². The summed E-state index contributed by atoms with van der Waals surface area (Å²) in [7, 11) is 0. The van der Waals surface area contributed by atoms with Gasteiger partial charge in [0, 0.05) is 6.21 Å². The molecule has 2 nitrogen and oxygen atoms in total. The van der Waals surface area contributed by atoms with E-state index in [4.69, 9.17) is 5.21 Å². The molecule has 1 N–H and O–H groups in total.